The molecule has 78 valence electrons. The van der Waals surface area contributed by atoms with Crippen molar-refractivity contribution in [1.82, 2.24) is 9.55 Å². The number of hydrogen-bond acceptors (Lipinski definition) is 3. The molecule has 1 fully saturated rings. The van der Waals surface area contributed by atoms with E-state index in [-0.39, 0.29) is 0 Å². The minimum atomic E-state index is 0.732. The van der Waals surface area contributed by atoms with E-state index in [1.165, 1.54) is 17.3 Å². The van der Waals surface area contributed by atoms with E-state index in [0.29, 0.717) is 0 Å². The molecule has 2 rings (SSSR count). The molecule has 1 aromatic heterocycles. The Kier molecular flexibility index (Phi) is 3.62. The Balaban J connectivity index is 2.02. The number of aryl methyl sites for hydroxylation is 1. The number of thioether (sulfide) groups is 2. The first kappa shape index (κ1) is 10.6. The van der Waals surface area contributed by atoms with Gasteiger partial charge in [0.2, 0.25) is 0 Å². The highest BCUT2D eigenvalue weighted by atomic mass is 32.2. The van der Waals surface area contributed by atoms with Crippen LogP contribution in [0.15, 0.2) is 6.20 Å². The summed E-state index contributed by atoms with van der Waals surface area (Å²) in [5.41, 5.74) is 1.16. The summed E-state index contributed by atoms with van der Waals surface area (Å²) in [6, 6.07) is 0. The third kappa shape index (κ3) is 2.58. The highest BCUT2D eigenvalue weighted by Gasteiger charge is 2.14. The van der Waals surface area contributed by atoms with Crippen molar-refractivity contribution < 1.29 is 0 Å². The highest BCUT2D eigenvalue weighted by Crippen LogP contribution is 2.25. The summed E-state index contributed by atoms with van der Waals surface area (Å²) < 4.78 is 3.02. The SMILES string of the molecule is Cc1cn(CC2CSCCS2)c(=S)[nH]1. The first-order valence-electron chi connectivity index (χ1n) is 4.71. The molecule has 0 saturated carbocycles. The molecule has 2 heterocycles. The van der Waals surface area contributed by atoms with Gasteiger partial charge < -0.3 is 9.55 Å². The van der Waals surface area contributed by atoms with Crippen LogP contribution in [0.25, 0.3) is 0 Å². The molecule has 0 bridgehead atoms. The van der Waals surface area contributed by atoms with Crippen molar-refractivity contribution in [1.29, 1.82) is 0 Å². The van der Waals surface area contributed by atoms with Crippen LogP contribution in [-0.2, 0) is 6.54 Å². The summed E-state index contributed by atoms with van der Waals surface area (Å²) >= 11 is 9.36. The Morgan fingerprint density at radius 2 is 2.50 bits per heavy atom. The fourth-order valence-corrected chi connectivity index (χ4v) is 4.51. The van der Waals surface area contributed by atoms with Crippen LogP contribution in [0.1, 0.15) is 5.69 Å². The quantitative estimate of drug-likeness (QED) is 0.811. The molecule has 0 radical (unpaired) electrons. The Hall–Kier alpha value is 0.130. The zero-order valence-corrected chi connectivity index (χ0v) is 10.6. The lowest BCUT2D eigenvalue weighted by Crippen LogP contribution is -2.20. The van der Waals surface area contributed by atoms with Gasteiger partial charge in [-0.1, -0.05) is 0 Å². The number of rotatable bonds is 2. The van der Waals surface area contributed by atoms with Gasteiger partial charge in [0.25, 0.3) is 0 Å². The smallest absolute Gasteiger partial charge is 0.177 e. The lowest BCUT2D eigenvalue weighted by atomic mass is 10.4. The number of H-pyrrole nitrogens is 1. The maximum Gasteiger partial charge on any atom is 0.177 e. The lowest BCUT2D eigenvalue weighted by Gasteiger charge is -2.20. The van der Waals surface area contributed by atoms with Crippen LogP contribution in [0.2, 0.25) is 0 Å². The van der Waals surface area contributed by atoms with Gasteiger partial charge >= 0.3 is 0 Å². The molecule has 2 nitrogen and oxygen atoms in total. The van der Waals surface area contributed by atoms with Crippen molar-refractivity contribution in [2.24, 2.45) is 0 Å². The van der Waals surface area contributed by atoms with Gasteiger partial charge in [0.05, 0.1) is 0 Å². The third-order valence-electron chi connectivity index (χ3n) is 2.20. The van der Waals surface area contributed by atoms with Gasteiger partial charge in [-0.3, -0.25) is 0 Å². The van der Waals surface area contributed by atoms with Gasteiger partial charge in [0.1, 0.15) is 0 Å². The molecular weight excluding hydrogens is 232 g/mol. The number of aromatic nitrogens is 2. The van der Waals surface area contributed by atoms with Gasteiger partial charge in [-0.25, -0.2) is 0 Å². The summed E-state index contributed by atoms with van der Waals surface area (Å²) in [4.78, 5) is 3.16. The summed E-state index contributed by atoms with van der Waals surface area (Å²) in [7, 11) is 0. The number of aromatic amines is 1. The molecule has 1 atom stereocenters. The minimum absolute atomic E-state index is 0.732. The van der Waals surface area contributed by atoms with Crippen LogP contribution in [0, 0.1) is 11.7 Å². The van der Waals surface area contributed by atoms with Crippen molar-refractivity contribution in [3.63, 3.8) is 0 Å². The monoisotopic (exact) mass is 246 g/mol. The van der Waals surface area contributed by atoms with Gasteiger partial charge in [-0.05, 0) is 19.1 Å². The zero-order chi connectivity index (χ0) is 9.97. The third-order valence-corrected chi connectivity index (χ3v) is 5.36. The predicted octanol–water partition coefficient (Wildman–Crippen LogP) is 2.70. The van der Waals surface area contributed by atoms with E-state index in [1.54, 1.807) is 0 Å². The Morgan fingerprint density at radius 3 is 3.07 bits per heavy atom. The number of nitrogens with one attached hydrogen (secondary N) is 1. The fourth-order valence-electron chi connectivity index (χ4n) is 1.56. The van der Waals surface area contributed by atoms with Gasteiger partial charge in [-0.15, -0.1) is 0 Å². The molecule has 0 spiro atoms. The zero-order valence-electron chi connectivity index (χ0n) is 8.16. The average Bonchev–Trinajstić information content (AvgIpc) is 2.47. The molecular formula is C9H14N2S3. The molecule has 0 aromatic carbocycles. The van der Waals surface area contributed by atoms with Crippen molar-refractivity contribution in [2.45, 2.75) is 18.7 Å². The van der Waals surface area contributed by atoms with E-state index in [2.05, 4.69) is 46.2 Å². The Bertz CT molecular complexity index is 349. The van der Waals surface area contributed by atoms with E-state index in [9.17, 15) is 0 Å². The van der Waals surface area contributed by atoms with Gasteiger partial charge in [0.15, 0.2) is 4.77 Å². The van der Waals surface area contributed by atoms with Crippen molar-refractivity contribution >= 4 is 35.7 Å². The number of nitrogens with zero attached hydrogens (tertiary/aromatic N) is 1. The van der Waals surface area contributed by atoms with Gasteiger partial charge in [-0.2, -0.15) is 23.5 Å². The molecule has 1 saturated heterocycles. The second-order valence-corrected chi connectivity index (χ2v) is 6.41. The van der Waals surface area contributed by atoms with Crippen LogP contribution >= 0.6 is 35.7 Å². The average molecular weight is 246 g/mol. The normalized spacial score (nSPS) is 22.5. The Morgan fingerprint density at radius 1 is 1.64 bits per heavy atom. The predicted molar refractivity (Wildman–Crippen MR) is 67.9 cm³/mol. The van der Waals surface area contributed by atoms with Crippen molar-refractivity contribution in [2.75, 3.05) is 17.3 Å². The highest BCUT2D eigenvalue weighted by molar-refractivity contribution is 8.06. The molecule has 1 aliphatic heterocycles. The lowest BCUT2D eigenvalue weighted by molar-refractivity contribution is 0.685. The minimum Gasteiger partial charge on any atom is -0.335 e. The summed E-state index contributed by atoms with van der Waals surface area (Å²) in [5.74, 6) is 3.85. The summed E-state index contributed by atoms with van der Waals surface area (Å²) in [6.45, 7) is 3.11. The van der Waals surface area contributed by atoms with Crippen LogP contribution in [0.4, 0.5) is 0 Å². The molecule has 1 N–H and O–H groups in total. The molecule has 0 aliphatic carbocycles. The molecule has 1 aliphatic rings. The van der Waals surface area contributed by atoms with Crippen LogP contribution in [-0.4, -0.2) is 32.1 Å². The first-order chi connectivity index (χ1) is 6.75. The van der Waals surface area contributed by atoms with Crippen LogP contribution < -0.4 is 0 Å². The number of hydrogen-bond donors (Lipinski definition) is 1. The second kappa shape index (κ2) is 4.77. The van der Waals surface area contributed by atoms with E-state index >= 15 is 0 Å². The standard InChI is InChI=1S/C9H14N2S3/c1-7-4-11(9(12)10-7)5-8-6-13-2-3-14-8/h4,8H,2-3,5-6H2,1H3,(H,10,12). The van der Waals surface area contributed by atoms with Crippen LogP contribution in [0.5, 0.6) is 0 Å². The van der Waals surface area contributed by atoms with E-state index in [4.69, 9.17) is 12.2 Å². The summed E-state index contributed by atoms with van der Waals surface area (Å²) in [6.07, 6.45) is 2.11. The van der Waals surface area contributed by atoms with Crippen molar-refractivity contribution in [3.05, 3.63) is 16.7 Å². The Labute approximate surface area is 97.9 Å². The van der Waals surface area contributed by atoms with Gasteiger partial charge in [0, 0.05) is 40.9 Å². The maximum atomic E-state index is 5.23. The fraction of sp³-hybridized carbons (Fsp3) is 0.667. The molecule has 5 heteroatoms. The maximum absolute atomic E-state index is 5.23. The molecule has 1 aromatic rings. The largest absolute Gasteiger partial charge is 0.335 e. The topological polar surface area (TPSA) is 20.7 Å². The van der Waals surface area contributed by atoms with Crippen molar-refractivity contribution in [3.8, 4) is 0 Å². The molecule has 1 unspecified atom stereocenters. The van der Waals surface area contributed by atoms with E-state index in [0.717, 1.165) is 22.3 Å². The van der Waals surface area contributed by atoms with E-state index < -0.39 is 0 Å². The second-order valence-electron chi connectivity index (χ2n) is 3.46. The molecule has 0 amide bonds. The number of imidazole rings is 1. The van der Waals surface area contributed by atoms with E-state index in [1.807, 2.05) is 0 Å². The summed E-state index contributed by atoms with van der Waals surface area (Å²) in [5, 5.41) is 0.732. The first-order valence-corrected chi connectivity index (χ1v) is 7.32. The van der Waals surface area contributed by atoms with Crippen LogP contribution in [0.3, 0.4) is 0 Å². The molecule has 14 heavy (non-hydrogen) atoms.